The molecule has 104 valence electrons. The van der Waals surface area contributed by atoms with Crippen molar-refractivity contribution >= 4 is 0 Å². The quantitative estimate of drug-likeness (QED) is 0.838. The van der Waals surface area contributed by atoms with Gasteiger partial charge < -0.3 is 14.8 Å². The van der Waals surface area contributed by atoms with E-state index in [0.717, 1.165) is 38.6 Å². The molecular formula is C15H27NO2. The Morgan fingerprint density at radius 2 is 2.00 bits per heavy atom. The number of nitrogens with one attached hydrogen (secondary N) is 1. The highest BCUT2D eigenvalue weighted by Gasteiger charge is 2.41. The monoisotopic (exact) mass is 253 g/mol. The Morgan fingerprint density at radius 3 is 2.72 bits per heavy atom. The summed E-state index contributed by atoms with van der Waals surface area (Å²) in [6.07, 6.45) is 9.10. The van der Waals surface area contributed by atoms with E-state index < -0.39 is 0 Å². The fourth-order valence-corrected chi connectivity index (χ4v) is 4.00. The zero-order valence-electron chi connectivity index (χ0n) is 11.6. The van der Waals surface area contributed by atoms with E-state index in [4.69, 9.17) is 9.47 Å². The second-order valence-electron chi connectivity index (χ2n) is 6.52. The molecule has 0 aromatic heterocycles. The molecule has 1 N–H and O–H groups in total. The Bertz CT molecular complexity index is 270. The minimum Gasteiger partial charge on any atom is -0.378 e. The molecule has 0 radical (unpaired) electrons. The van der Waals surface area contributed by atoms with Crippen molar-refractivity contribution in [2.75, 3.05) is 19.8 Å². The van der Waals surface area contributed by atoms with Crippen LogP contribution >= 0.6 is 0 Å². The molecule has 0 aromatic rings. The number of hydrogen-bond donors (Lipinski definition) is 1. The average molecular weight is 253 g/mol. The lowest BCUT2D eigenvalue weighted by molar-refractivity contribution is -0.0907. The summed E-state index contributed by atoms with van der Waals surface area (Å²) in [6, 6.07) is 1.31. The average Bonchev–Trinajstić information content (AvgIpc) is 3.01. The molecule has 2 heterocycles. The van der Waals surface area contributed by atoms with Gasteiger partial charge in [-0.05, 0) is 38.5 Å². The molecule has 3 atom stereocenters. The minimum atomic E-state index is 0.0469. The van der Waals surface area contributed by atoms with Gasteiger partial charge in [-0.2, -0.15) is 0 Å². The first-order valence-corrected chi connectivity index (χ1v) is 7.75. The molecule has 3 rings (SSSR count). The molecule has 0 bridgehead atoms. The van der Waals surface area contributed by atoms with Crippen LogP contribution in [0.5, 0.6) is 0 Å². The van der Waals surface area contributed by atoms with Crippen LogP contribution in [0.1, 0.15) is 51.9 Å². The minimum absolute atomic E-state index is 0.0469. The molecule has 1 saturated carbocycles. The van der Waals surface area contributed by atoms with Gasteiger partial charge in [-0.1, -0.05) is 12.8 Å². The van der Waals surface area contributed by atoms with Crippen molar-refractivity contribution in [3.05, 3.63) is 0 Å². The summed E-state index contributed by atoms with van der Waals surface area (Å²) in [5.41, 5.74) is 0.0469. The van der Waals surface area contributed by atoms with Crippen molar-refractivity contribution in [1.29, 1.82) is 0 Å². The van der Waals surface area contributed by atoms with Gasteiger partial charge >= 0.3 is 0 Å². The molecule has 3 aliphatic rings. The van der Waals surface area contributed by atoms with E-state index >= 15 is 0 Å². The Kier molecular flexibility index (Phi) is 3.92. The molecule has 2 saturated heterocycles. The van der Waals surface area contributed by atoms with Crippen molar-refractivity contribution in [2.24, 2.45) is 5.92 Å². The molecular weight excluding hydrogens is 226 g/mol. The maximum atomic E-state index is 6.00. The van der Waals surface area contributed by atoms with E-state index in [1.807, 2.05) is 0 Å². The predicted molar refractivity (Wildman–Crippen MR) is 71.7 cm³/mol. The Balaban J connectivity index is 1.52. The summed E-state index contributed by atoms with van der Waals surface area (Å²) in [6.45, 7) is 4.97. The first-order valence-electron chi connectivity index (χ1n) is 7.75. The third-order valence-corrected chi connectivity index (χ3v) is 5.17. The lowest BCUT2D eigenvalue weighted by Crippen LogP contribution is -2.50. The van der Waals surface area contributed by atoms with Gasteiger partial charge in [-0.15, -0.1) is 0 Å². The molecule has 3 fully saturated rings. The second kappa shape index (κ2) is 5.48. The highest BCUT2D eigenvalue weighted by atomic mass is 16.6. The Hall–Kier alpha value is -0.120. The van der Waals surface area contributed by atoms with Crippen LogP contribution in [0, 0.1) is 5.92 Å². The predicted octanol–water partition coefficient (Wildman–Crippen LogP) is 2.49. The van der Waals surface area contributed by atoms with Crippen LogP contribution in [-0.4, -0.2) is 37.5 Å². The summed E-state index contributed by atoms with van der Waals surface area (Å²) in [5, 5.41) is 3.88. The van der Waals surface area contributed by atoms with Gasteiger partial charge in [0.05, 0.1) is 12.2 Å². The highest BCUT2D eigenvalue weighted by molar-refractivity contribution is 4.94. The summed E-state index contributed by atoms with van der Waals surface area (Å²) in [7, 11) is 0. The van der Waals surface area contributed by atoms with E-state index in [9.17, 15) is 0 Å². The van der Waals surface area contributed by atoms with Crippen LogP contribution < -0.4 is 5.32 Å². The molecule has 18 heavy (non-hydrogen) atoms. The molecule has 2 aliphatic heterocycles. The lowest BCUT2D eigenvalue weighted by atomic mass is 9.88. The lowest BCUT2D eigenvalue weighted by Gasteiger charge is -2.39. The summed E-state index contributed by atoms with van der Waals surface area (Å²) in [5.74, 6) is 0.906. The Labute approximate surface area is 111 Å². The molecule has 3 heteroatoms. The van der Waals surface area contributed by atoms with Crippen LogP contribution in [0.15, 0.2) is 0 Å². The maximum Gasteiger partial charge on any atom is 0.0951 e. The zero-order valence-corrected chi connectivity index (χ0v) is 11.6. The molecule has 2 unspecified atom stereocenters. The van der Waals surface area contributed by atoms with Gasteiger partial charge in [0, 0.05) is 31.7 Å². The van der Waals surface area contributed by atoms with E-state index in [-0.39, 0.29) is 5.60 Å². The Morgan fingerprint density at radius 1 is 1.17 bits per heavy atom. The van der Waals surface area contributed by atoms with Crippen molar-refractivity contribution in [2.45, 2.75) is 69.6 Å². The van der Waals surface area contributed by atoms with E-state index in [1.54, 1.807) is 0 Å². The fraction of sp³-hybridized carbons (Fsp3) is 1.00. The van der Waals surface area contributed by atoms with Gasteiger partial charge in [0.15, 0.2) is 0 Å². The van der Waals surface area contributed by atoms with Crippen molar-refractivity contribution in [1.82, 2.24) is 5.32 Å². The molecule has 1 spiro atoms. The third kappa shape index (κ3) is 2.73. The van der Waals surface area contributed by atoms with Gasteiger partial charge in [0.25, 0.3) is 0 Å². The van der Waals surface area contributed by atoms with Crippen LogP contribution in [-0.2, 0) is 9.47 Å². The number of ether oxygens (including phenoxy) is 2. The first kappa shape index (κ1) is 12.9. The van der Waals surface area contributed by atoms with Crippen LogP contribution in [0.3, 0.4) is 0 Å². The summed E-state index contributed by atoms with van der Waals surface area (Å²) < 4.78 is 11.5. The normalized spacial score (nSPS) is 39.5. The number of hydrogen-bond acceptors (Lipinski definition) is 3. The topological polar surface area (TPSA) is 30.5 Å². The smallest absolute Gasteiger partial charge is 0.0951 e. The largest absolute Gasteiger partial charge is 0.378 e. The van der Waals surface area contributed by atoms with E-state index in [0.29, 0.717) is 12.1 Å². The van der Waals surface area contributed by atoms with Gasteiger partial charge in [-0.3, -0.25) is 0 Å². The SMILES string of the molecule is C[C@H](NC1CCOC2(CCOC2)C1)C1CCCC1. The van der Waals surface area contributed by atoms with E-state index in [2.05, 4.69) is 12.2 Å². The zero-order chi connectivity index (χ0) is 12.4. The van der Waals surface area contributed by atoms with Crippen LogP contribution in [0.4, 0.5) is 0 Å². The first-order chi connectivity index (χ1) is 8.77. The third-order valence-electron chi connectivity index (χ3n) is 5.17. The van der Waals surface area contributed by atoms with Gasteiger partial charge in [0.2, 0.25) is 0 Å². The van der Waals surface area contributed by atoms with Crippen molar-refractivity contribution in [3.8, 4) is 0 Å². The molecule has 0 amide bonds. The summed E-state index contributed by atoms with van der Waals surface area (Å²) >= 11 is 0. The van der Waals surface area contributed by atoms with Crippen molar-refractivity contribution in [3.63, 3.8) is 0 Å². The van der Waals surface area contributed by atoms with E-state index in [1.165, 1.54) is 32.1 Å². The molecule has 0 aromatic carbocycles. The fourth-order valence-electron chi connectivity index (χ4n) is 4.00. The van der Waals surface area contributed by atoms with Crippen molar-refractivity contribution < 1.29 is 9.47 Å². The molecule has 1 aliphatic carbocycles. The standard InChI is InChI=1S/C15H27NO2/c1-12(13-4-2-3-5-13)16-14-6-8-18-15(10-14)7-9-17-11-15/h12-14,16H,2-11H2,1H3/t12-,14?,15?/m0/s1. The highest BCUT2D eigenvalue weighted by Crippen LogP contribution is 2.34. The maximum absolute atomic E-state index is 6.00. The summed E-state index contributed by atoms with van der Waals surface area (Å²) in [4.78, 5) is 0. The van der Waals surface area contributed by atoms with Crippen LogP contribution in [0.2, 0.25) is 0 Å². The molecule has 3 nitrogen and oxygen atoms in total. The second-order valence-corrected chi connectivity index (χ2v) is 6.52. The number of rotatable bonds is 3. The van der Waals surface area contributed by atoms with Gasteiger partial charge in [-0.25, -0.2) is 0 Å². The van der Waals surface area contributed by atoms with Crippen LogP contribution in [0.25, 0.3) is 0 Å². The van der Waals surface area contributed by atoms with Gasteiger partial charge in [0.1, 0.15) is 0 Å².